The second-order valence-corrected chi connectivity index (χ2v) is 9.53. The molecule has 1 heterocycles. The average Bonchev–Trinajstić information content (AvgIpc) is 2.81. The van der Waals surface area contributed by atoms with Gasteiger partial charge in [-0.1, -0.05) is 0 Å². The number of sulfonamides is 1. The van der Waals surface area contributed by atoms with Gasteiger partial charge < -0.3 is 32.5 Å². The van der Waals surface area contributed by atoms with E-state index in [4.69, 9.17) is 31.9 Å². The first-order valence-corrected chi connectivity index (χ1v) is 12.2. The molecule has 1 aromatic carbocycles. The first-order chi connectivity index (χ1) is 18.3. The third kappa shape index (κ3) is 9.49. The molecular formula is C21H26F3N7O8S. The number of pyridine rings is 1. The number of halogens is 3. The van der Waals surface area contributed by atoms with Gasteiger partial charge in [-0.05, 0) is 55.4 Å². The number of primary amides is 1. The van der Waals surface area contributed by atoms with E-state index in [-0.39, 0.29) is 16.5 Å². The van der Waals surface area contributed by atoms with E-state index in [0.29, 0.717) is 11.4 Å². The molecule has 0 bridgehead atoms. The van der Waals surface area contributed by atoms with Crippen LogP contribution in [0.5, 0.6) is 0 Å². The Bertz CT molecular complexity index is 1440. The Kier molecular flexibility index (Phi) is 11.1. The van der Waals surface area contributed by atoms with Crippen LogP contribution in [0.2, 0.25) is 0 Å². The molecule has 19 heteroatoms. The molecule has 2 rings (SSSR count). The second kappa shape index (κ2) is 13.3. The number of nitrogens with zero attached hydrogens (tertiary/aromatic N) is 2. The van der Waals surface area contributed by atoms with Gasteiger partial charge in [0.25, 0.3) is 15.6 Å². The Morgan fingerprint density at radius 3 is 2.02 bits per heavy atom. The highest BCUT2D eigenvalue weighted by atomic mass is 32.2. The Balaban J connectivity index is 0.00000101. The number of carbonyl (C=O) groups is 3. The molecule has 2 amide bonds. The summed E-state index contributed by atoms with van der Waals surface area (Å²) in [4.78, 5) is 50.1. The van der Waals surface area contributed by atoms with Gasteiger partial charge in [0.1, 0.15) is 5.69 Å². The number of benzene rings is 1. The minimum absolute atomic E-state index is 0.154. The molecule has 2 aromatic rings. The molecule has 0 aliphatic heterocycles. The van der Waals surface area contributed by atoms with Crippen molar-refractivity contribution in [1.29, 1.82) is 0 Å². The van der Waals surface area contributed by atoms with Crippen LogP contribution >= 0.6 is 0 Å². The SMILES string of the molecule is CC(=O)Nc1ccc(S(=O)(=O)Nc2ccc(C)n(C(C(N)=O)C(C)ON=C(N)N)c2=O)cc1.O=C(O)C(F)(F)F. The topological polar surface area (TPSA) is 251 Å². The van der Waals surface area contributed by atoms with Crippen molar-refractivity contribution < 1.29 is 45.9 Å². The van der Waals surface area contributed by atoms with Crippen LogP contribution in [0.25, 0.3) is 0 Å². The van der Waals surface area contributed by atoms with Gasteiger partial charge in [-0.3, -0.25) is 23.7 Å². The van der Waals surface area contributed by atoms with Crippen LogP contribution in [0.4, 0.5) is 24.5 Å². The molecule has 0 saturated carbocycles. The summed E-state index contributed by atoms with van der Waals surface area (Å²) in [5.74, 6) is -4.40. The first-order valence-electron chi connectivity index (χ1n) is 10.7. The van der Waals surface area contributed by atoms with Gasteiger partial charge in [0.15, 0.2) is 12.1 Å². The van der Waals surface area contributed by atoms with E-state index >= 15 is 0 Å². The molecule has 0 spiro atoms. The third-order valence-corrected chi connectivity index (χ3v) is 6.01. The highest BCUT2D eigenvalue weighted by molar-refractivity contribution is 7.92. The van der Waals surface area contributed by atoms with E-state index in [1.54, 1.807) is 0 Å². The van der Waals surface area contributed by atoms with Gasteiger partial charge in [0.05, 0.1) is 4.90 Å². The number of hydrogen-bond acceptors (Lipinski definition) is 8. The van der Waals surface area contributed by atoms with Crippen LogP contribution in [-0.2, 0) is 29.2 Å². The zero-order valence-electron chi connectivity index (χ0n) is 21.1. The van der Waals surface area contributed by atoms with Crippen molar-refractivity contribution in [2.45, 2.75) is 44.0 Å². The van der Waals surface area contributed by atoms with E-state index in [1.165, 1.54) is 57.2 Å². The molecule has 0 fully saturated rings. The summed E-state index contributed by atoms with van der Waals surface area (Å²) < 4.78 is 60.5. The number of nitrogens with one attached hydrogen (secondary N) is 2. The number of carboxylic acids is 1. The molecular weight excluding hydrogens is 567 g/mol. The molecule has 2 unspecified atom stereocenters. The molecule has 1 aromatic heterocycles. The number of carboxylic acid groups (broad SMARTS) is 1. The fraction of sp³-hybridized carbons (Fsp3) is 0.286. The summed E-state index contributed by atoms with van der Waals surface area (Å²) in [6.07, 6.45) is -6.14. The number of guanidine groups is 1. The van der Waals surface area contributed by atoms with Crippen molar-refractivity contribution in [3.63, 3.8) is 0 Å². The predicted molar refractivity (Wildman–Crippen MR) is 135 cm³/mol. The van der Waals surface area contributed by atoms with E-state index in [0.717, 1.165) is 4.57 Å². The highest BCUT2D eigenvalue weighted by Gasteiger charge is 2.38. The summed E-state index contributed by atoms with van der Waals surface area (Å²) in [5, 5.41) is 13.0. The van der Waals surface area contributed by atoms with Crippen molar-refractivity contribution in [3.05, 3.63) is 52.4 Å². The van der Waals surface area contributed by atoms with Crippen LogP contribution in [-0.4, -0.2) is 54.1 Å². The molecule has 15 nitrogen and oxygen atoms in total. The lowest BCUT2D eigenvalue weighted by Gasteiger charge is -2.24. The number of rotatable bonds is 9. The quantitative estimate of drug-likeness (QED) is 0.131. The number of nitrogens with two attached hydrogens (primary N) is 3. The minimum Gasteiger partial charge on any atom is -0.475 e. The van der Waals surface area contributed by atoms with E-state index in [1.807, 2.05) is 0 Å². The van der Waals surface area contributed by atoms with Crippen molar-refractivity contribution in [1.82, 2.24) is 4.57 Å². The Labute approximate surface area is 224 Å². The van der Waals surface area contributed by atoms with E-state index in [9.17, 15) is 36.0 Å². The van der Waals surface area contributed by atoms with Gasteiger partial charge in [-0.25, -0.2) is 13.2 Å². The fourth-order valence-corrected chi connectivity index (χ4v) is 4.02. The lowest BCUT2D eigenvalue weighted by atomic mass is 10.1. The smallest absolute Gasteiger partial charge is 0.475 e. The maximum atomic E-state index is 13.1. The lowest BCUT2D eigenvalue weighted by Crippen LogP contribution is -2.42. The molecule has 0 aliphatic carbocycles. The number of amides is 2. The van der Waals surface area contributed by atoms with Gasteiger partial charge in [0, 0.05) is 18.3 Å². The number of alkyl halides is 3. The molecule has 0 radical (unpaired) electrons. The third-order valence-electron chi connectivity index (χ3n) is 4.63. The van der Waals surface area contributed by atoms with Crippen molar-refractivity contribution in [2.24, 2.45) is 22.4 Å². The van der Waals surface area contributed by atoms with Crippen LogP contribution < -0.4 is 32.8 Å². The first kappa shape index (κ1) is 33.2. The van der Waals surface area contributed by atoms with Crippen LogP contribution in [0, 0.1) is 6.92 Å². The number of aliphatic carboxylic acids is 1. The fourth-order valence-electron chi connectivity index (χ4n) is 2.96. The van der Waals surface area contributed by atoms with Gasteiger partial charge in [-0.15, -0.1) is 0 Å². The number of aromatic nitrogens is 1. The second-order valence-electron chi connectivity index (χ2n) is 7.85. The minimum atomic E-state index is -5.08. The van der Waals surface area contributed by atoms with Gasteiger partial charge >= 0.3 is 12.1 Å². The van der Waals surface area contributed by atoms with Crippen LogP contribution in [0.1, 0.15) is 25.6 Å². The van der Waals surface area contributed by atoms with Crippen molar-refractivity contribution >= 4 is 45.1 Å². The Hall–Kier alpha value is -4.81. The van der Waals surface area contributed by atoms with E-state index in [2.05, 4.69) is 15.2 Å². The summed E-state index contributed by atoms with van der Waals surface area (Å²) in [6.45, 7) is 4.27. The van der Waals surface area contributed by atoms with Crippen LogP contribution in [0.15, 0.2) is 51.2 Å². The van der Waals surface area contributed by atoms with Gasteiger partial charge in [0.2, 0.25) is 17.8 Å². The molecule has 0 saturated heterocycles. The number of anilines is 2. The maximum absolute atomic E-state index is 13.1. The van der Waals surface area contributed by atoms with Crippen molar-refractivity contribution in [3.8, 4) is 0 Å². The molecule has 0 aliphatic rings. The number of hydrogen-bond donors (Lipinski definition) is 6. The number of carbonyl (C=O) groups excluding carboxylic acids is 2. The van der Waals surface area contributed by atoms with E-state index < -0.39 is 51.7 Å². The number of oxime groups is 1. The summed E-state index contributed by atoms with van der Waals surface area (Å²) >= 11 is 0. The van der Waals surface area contributed by atoms with Crippen LogP contribution in [0.3, 0.4) is 0 Å². The zero-order valence-corrected chi connectivity index (χ0v) is 21.9. The number of aryl methyl sites for hydroxylation is 1. The van der Waals surface area contributed by atoms with Crippen molar-refractivity contribution in [2.75, 3.05) is 10.0 Å². The van der Waals surface area contributed by atoms with Gasteiger partial charge in [-0.2, -0.15) is 13.2 Å². The predicted octanol–water partition coefficient (Wildman–Crippen LogP) is 0.169. The standard InChI is InChI=1S/C19H25N7O6S.C2HF3O2/c1-10-4-9-15(18(29)26(10)16(17(20)28)11(2)32-24-19(21)22)25-33(30,31)14-7-5-13(6-8-14)23-12(3)27;3-2(4,5)1(6)7/h4-9,11,16,25H,1-3H3,(H2,20,28)(H,23,27)(H4,21,22,24);(H,6,7). The lowest BCUT2D eigenvalue weighted by molar-refractivity contribution is -0.192. The normalized spacial score (nSPS) is 12.6. The average molecular weight is 594 g/mol. The Morgan fingerprint density at radius 1 is 1.07 bits per heavy atom. The largest absolute Gasteiger partial charge is 0.490 e. The molecule has 2 atom stereocenters. The summed E-state index contributed by atoms with van der Waals surface area (Å²) in [7, 11) is -4.18. The monoisotopic (exact) mass is 593 g/mol. The highest BCUT2D eigenvalue weighted by Crippen LogP contribution is 2.20. The molecule has 40 heavy (non-hydrogen) atoms. The summed E-state index contributed by atoms with van der Waals surface area (Å²) in [6, 6.07) is 6.67. The molecule has 9 N–H and O–H groups in total. The summed E-state index contributed by atoms with van der Waals surface area (Å²) in [5.41, 5.74) is 15.5. The maximum Gasteiger partial charge on any atom is 0.490 e. The Morgan fingerprint density at radius 2 is 1.60 bits per heavy atom. The molecule has 220 valence electrons. The zero-order chi connectivity index (χ0) is 31.0.